The molecule has 0 spiro atoms. The zero-order valence-corrected chi connectivity index (χ0v) is 14.5. The number of rotatable bonds is 6. The molecule has 0 aliphatic heterocycles. The average molecular weight is 333 g/mol. The molecule has 3 aromatic carbocycles. The van der Waals surface area contributed by atoms with Crippen molar-refractivity contribution in [3.63, 3.8) is 0 Å². The van der Waals surface area contributed by atoms with Crippen LogP contribution in [0.15, 0.2) is 103 Å². The molecular formula is C22H22OP+. The third-order valence-electron chi connectivity index (χ3n) is 4.24. The third kappa shape index (κ3) is 3.33. The molecule has 0 saturated carbocycles. The summed E-state index contributed by atoms with van der Waals surface area (Å²) in [6.45, 7) is 0.0817. The van der Waals surface area contributed by atoms with E-state index in [0.717, 1.165) is 6.16 Å². The van der Waals surface area contributed by atoms with Crippen LogP contribution in [0.3, 0.4) is 0 Å². The molecule has 3 aromatic rings. The van der Waals surface area contributed by atoms with Crippen LogP contribution in [-0.4, -0.2) is 17.9 Å². The highest BCUT2D eigenvalue weighted by Crippen LogP contribution is 2.55. The van der Waals surface area contributed by atoms with Crippen molar-refractivity contribution in [1.29, 1.82) is 0 Å². The Hall–Kier alpha value is -2.21. The number of allylic oxidation sites excluding steroid dienone is 1. The second kappa shape index (κ2) is 8.06. The standard InChI is InChI=1S/C22H22OP/c23-18-10-11-19-24(20-12-4-1-5-13-20,21-14-6-2-7-15-21)22-16-8-3-9-17-22/h1-17,23H,18-19H2/q+1/b11-10+. The summed E-state index contributed by atoms with van der Waals surface area (Å²) >= 11 is 0. The fourth-order valence-electron chi connectivity index (χ4n) is 3.12. The summed E-state index contributed by atoms with van der Waals surface area (Å²) in [6, 6.07) is 32.3. The van der Waals surface area contributed by atoms with Crippen LogP contribution in [0.25, 0.3) is 0 Å². The van der Waals surface area contributed by atoms with Crippen molar-refractivity contribution >= 4 is 23.2 Å². The highest BCUT2D eigenvalue weighted by molar-refractivity contribution is 7.95. The lowest BCUT2D eigenvalue weighted by molar-refractivity contribution is 0.342. The molecule has 3 rings (SSSR count). The van der Waals surface area contributed by atoms with Crippen LogP contribution >= 0.6 is 7.26 Å². The lowest BCUT2D eigenvalue weighted by Gasteiger charge is -2.26. The lowest BCUT2D eigenvalue weighted by Crippen LogP contribution is -2.32. The third-order valence-corrected chi connectivity index (χ3v) is 8.54. The minimum atomic E-state index is -1.78. The van der Waals surface area contributed by atoms with Gasteiger partial charge in [-0.3, -0.25) is 0 Å². The van der Waals surface area contributed by atoms with E-state index < -0.39 is 7.26 Å². The first-order valence-corrected chi connectivity index (χ1v) is 10.2. The van der Waals surface area contributed by atoms with E-state index in [0.29, 0.717) is 0 Å². The zero-order valence-electron chi connectivity index (χ0n) is 13.6. The second-order valence-electron chi connectivity index (χ2n) is 5.65. The van der Waals surface area contributed by atoms with E-state index >= 15 is 0 Å². The molecule has 0 atom stereocenters. The van der Waals surface area contributed by atoms with Crippen molar-refractivity contribution in [2.75, 3.05) is 12.8 Å². The van der Waals surface area contributed by atoms with E-state index in [-0.39, 0.29) is 6.61 Å². The molecule has 1 nitrogen and oxygen atoms in total. The molecule has 0 radical (unpaired) electrons. The van der Waals surface area contributed by atoms with E-state index in [9.17, 15) is 5.11 Å². The molecule has 2 heteroatoms. The maximum atomic E-state index is 9.20. The molecule has 0 unspecified atom stereocenters. The maximum absolute atomic E-state index is 9.20. The Kier molecular flexibility index (Phi) is 5.59. The maximum Gasteiger partial charge on any atom is 0.115 e. The van der Waals surface area contributed by atoms with Crippen molar-refractivity contribution < 1.29 is 5.11 Å². The molecule has 0 heterocycles. The Labute approximate surface area is 144 Å². The van der Waals surface area contributed by atoms with Gasteiger partial charge in [0.05, 0.1) is 12.8 Å². The number of benzene rings is 3. The van der Waals surface area contributed by atoms with Gasteiger partial charge in [-0.15, -0.1) is 0 Å². The van der Waals surface area contributed by atoms with E-state index in [1.54, 1.807) is 0 Å². The van der Waals surface area contributed by atoms with Crippen LogP contribution in [0.2, 0.25) is 0 Å². The minimum Gasteiger partial charge on any atom is -0.392 e. The summed E-state index contributed by atoms with van der Waals surface area (Å²) < 4.78 is 0. The summed E-state index contributed by atoms with van der Waals surface area (Å²) in [6.07, 6.45) is 4.88. The van der Waals surface area contributed by atoms with Gasteiger partial charge in [0.15, 0.2) is 0 Å². The summed E-state index contributed by atoms with van der Waals surface area (Å²) in [4.78, 5) is 0. The summed E-state index contributed by atoms with van der Waals surface area (Å²) in [5, 5.41) is 13.3. The van der Waals surface area contributed by atoms with Gasteiger partial charge in [-0.1, -0.05) is 60.7 Å². The van der Waals surface area contributed by atoms with E-state index in [1.165, 1.54) is 15.9 Å². The summed E-state index contributed by atoms with van der Waals surface area (Å²) in [7, 11) is -1.78. The molecule has 1 N–H and O–H groups in total. The SMILES string of the molecule is OC/C=C/C[P+](c1ccccc1)(c1ccccc1)c1ccccc1. The normalized spacial score (nSPS) is 11.7. The molecular weight excluding hydrogens is 311 g/mol. The highest BCUT2D eigenvalue weighted by atomic mass is 31.2. The van der Waals surface area contributed by atoms with Crippen molar-refractivity contribution in [3.05, 3.63) is 103 Å². The topological polar surface area (TPSA) is 20.2 Å². The van der Waals surface area contributed by atoms with Gasteiger partial charge in [0.25, 0.3) is 0 Å². The molecule has 0 amide bonds. The molecule has 24 heavy (non-hydrogen) atoms. The zero-order chi connectivity index (χ0) is 16.7. The van der Waals surface area contributed by atoms with Gasteiger partial charge in [0.2, 0.25) is 0 Å². The Balaban J connectivity index is 2.26. The quantitative estimate of drug-likeness (QED) is 0.540. The Morgan fingerprint density at radius 1 is 0.583 bits per heavy atom. The van der Waals surface area contributed by atoms with Crippen LogP contribution in [-0.2, 0) is 0 Å². The lowest BCUT2D eigenvalue weighted by atomic mass is 10.4. The molecule has 0 aromatic heterocycles. The molecule has 0 bridgehead atoms. The highest BCUT2D eigenvalue weighted by Gasteiger charge is 2.43. The smallest absolute Gasteiger partial charge is 0.115 e. The van der Waals surface area contributed by atoms with E-state index in [2.05, 4.69) is 97.1 Å². The molecule has 120 valence electrons. The van der Waals surface area contributed by atoms with Crippen LogP contribution < -0.4 is 15.9 Å². The van der Waals surface area contributed by atoms with Crippen LogP contribution in [0, 0.1) is 0 Å². The predicted octanol–water partition coefficient (Wildman–Crippen LogP) is 3.53. The van der Waals surface area contributed by atoms with Gasteiger partial charge in [0.1, 0.15) is 23.2 Å². The van der Waals surface area contributed by atoms with Crippen molar-refractivity contribution in [2.24, 2.45) is 0 Å². The van der Waals surface area contributed by atoms with Crippen LogP contribution in [0.4, 0.5) is 0 Å². The Morgan fingerprint density at radius 2 is 0.958 bits per heavy atom. The first kappa shape index (κ1) is 16.6. The Morgan fingerprint density at radius 3 is 1.29 bits per heavy atom. The van der Waals surface area contributed by atoms with E-state index in [1.807, 2.05) is 6.08 Å². The molecule has 0 fully saturated rings. The second-order valence-corrected chi connectivity index (χ2v) is 9.19. The first-order valence-electron chi connectivity index (χ1n) is 8.19. The van der Waals surface area contributed by atoms with Crippen molar-refractivity contribution in [1.82, 2.24) is 0 Å². The number of hydrogen-bond donors (Lipinski definition) is 1. The van der Waals surface area contributed by atoms with Gasteiger partial charge < -0.3 is 5.11 Å². The fourth-order valence-corrected chi connectivity index (χ4v) is 7.15. The molecule has 0 saturated heterocycles. The van der Waals surface area contributed by atoms with Gasteiger partial charge >= 0.3 is 0 Å². The van der Waals surface area contributed by atoms with Gasteiger partial charge in [-0.2, -0.15) is 0 Å². The van der Waals surface area contributed by atoms with Crippen molar-refractivity contribution in [3.8, 4) is 0 Å². The fraction of sp³-hybridized carbons (Fsp3) is 0.0909. The first-order chi connectivity index (χ1) is 11.9. The summed E-state index contributed by atoms with van der Waals surface area (Å²) in [5.74, 6) is 0. The number of aliphatic hydroxyl groups is 1. The predicted molar refractivity (Wildman–Crippen MR) is 106 cm³/mol. The van der Waals surface area contributed by atoms with Crippen LogP contribution in [0.5, 0.6) is 0 Å². The number of hydrogen-bond acceptors (Lipinski definition) is 1. The van der Waals surface area contributed by atoms with E-state index in [4.69, 9.17) is 0 Å². The minimum absolute atomic E-state index is 0.0817. The Bertz CT molecular complexity index is 670. The van der Waals surface area contributed by atoms with Gasteiger partial charge in [-0.25, -0.2) is 0 Å². The van der Waals surface area contributed by atoms with Crippen LogP contribution in [0.1, 0.15) is 0 Å². The van der Waals surface area contributed by atoms with Crippen molar-refractivity contribution in [2.45, 2.75) is 0 Å². The van der Waals surface area contributed by atoms with Gasteiger partial charge in [-0.05, 0) is 42.5 Å². The monoisotopic (exact) mass is 333 g/mol. The molecule has 0 aliphatic carbocycles. The number of aliphatic hydroxyl groups excluding tert-OH is 1. The molecule has 0 aliphatic rings. The van der Waals surface area contributed by atoms with Gasteiger partial charge in [0, 0.05) is 0 Å². The average Bonchev–Trinajstić information content (AvgIpc) is 2.68. The summed E-state index contributed by atoms with van der Waals surface area (Å²) in [5.41, 5.74) is 0. The largest absolute Gasteiger partial charge is 0.392 e.